The monoisotopic (exact) mass is 233 g/mol. The van der Waals surface area contributed by atoms with Gasteiger partial charge in [-0.2, -0.15) is 0 Å². The fourth-order valence-electron chi connectivity index (χ4n) is 1.50. The predicted octanol–water partition coefficient (Wildman–Crippen LogP) is 2.39. The molecule has 0 bridgehead atoms. The molecule has 0 unspecified atom stereocenters. The van der Waals surface area contributed by atoms with Gasteiger partial charge >= 0.3 is 0 Å². The van der Waals surface area contributed by atoms with Crippen LogP contribution < -0.4 is 11.3 Å². The SMILES string of the molecule is Cc1ccc(-c2nc(C)c(CNN)s2)cc1. The van der Waals surface area contributed by atoms with Gasteiger partial charge in [0.05, 0.1) is 5.69 Å². The number of rotatable bonds is 3. The van der Waals surface area contributed by atoms with E-state index < -0.39 is 0 Å². The average molecular weight is 233 g/mol. The number of nitrogens with two attached hydrogens (primary N) is 1. The first-order valence-corrected chi connectivity index (χ1v) is 5.99. The van der Waals surface area contributed by atoms with Crippen LogP contribution in [0.2, 0.25) is 0 Å². The second-order valence-electron chi connectivity index (χ2n) is 3.77. The topological polar surface area (TPSA) is 50.9 Å². The van der Waals surface area contributed by atoms with Crippen molar-refractivity contribution in [3.8, 4) is 10.6 Å². The van der Waals surface area contributed by atoms with Crippen molar-refractivity contribution in [2.24, 2.45) is 5.84 Å². The number of hydrazine groups is 1. The summed E-state index contributed by atoms with van der Waals surface area (Å²) in [4.78, 5) is 5.74. The molecule has 0 spiro atoms. The Bertz CT molecular complexity index is 474. The lowest BCUT2D eigenvalue weighted by Gasteiger charge is -1.96. The van der Waals surface area contributed by atoms with Crippen molar-refractivity contribution >= 4 is 11.3 Å². The molecule has 1 aromatic carbocycles. The lowest BCUT2D eigenvalue weighted by Crippen LogP contribution is -2.20. The minimum Gasteiger partial charge on any atom is -0.271 e. The van der Waals surface area contributed by atoms with Crippen LogP contribution in [0.4, 0.5) is 0 Å². The number of hydrogen-bond acceptors (Lipinski definition) is 4. The largest absolute Gasteiger partial charge is 0.271 e. The maximum atomic E-state index is 5.33. The van der Waals surface area contributed by atoms with E-state index in [1.54, 1.807) is 11.3 Å². The number of aromatic nitrogens is 1. The molecule has 0 saturated heterocycles. The van der Waals surface area contributed by atoms with Gasteiger partial charge in [-0.3, -0.25) is 11.3 Å². The van der Waals surface area contributed by atoms with E-state index in [1.807, 2.05) is 6.92 Å². The van der Waals surface area contributed by atoms with Crippen molar-refractivity contribution in [3.05, 3.63) is 40.4 Å². The van der Waals surface area contributed by atoms with Crippen LogP contribution in [-0.4, -0.2) is 4.98 Å². The summed E-state index contributed by atoms with van der Waals surface area (Å²) in [5.74, 6) is 5.33. The summed E-state index contributed by atoms with van der Waals surface area (Å²) in [6.07, 6.45) is 0. The van der Waals surface area contributed by atoms with Crippen LogP contribution >= 0.6 is 11.3 Å². The van der Waals surface area contributed by atoms with Gasteiger partial charge in [0, 0.05) is 17.0 Å². The molecule has 3 nitrogen and oxygen atoms in total. The first kappa shape index (κ1) is 11.3. The summed E-state index contributed by atoms with van der Waals surface area (Å²) in [6.45, 7) is 4.77. The number of thiazole rings is 1. The summed E-state index contributed by atoms with van der Waals surface area (Å²) >= 11 is 1.69. The van der Waals surface area contributed by atoms with Gasteiger partial charge in [-0.15, -0.1) is 11.3 Å². The van der Waals surface area contributed by atoms with E-state index in [9.17, 15) is 0 Å². The lowest BCUT2D eigenvalue weighted by molar-refractivity contribution is 0.746. The van der Waals surface area contributed by atoms with Crippen LogP contribution in [0.15, 0.2) is 24.3 Å². The quantitative estimate of drug-likeness (QED) is 0.632. The maximum absolute atomic E-state index is 5.33. The minimum absolute atomic E-state index is 0.676. The smallest absolute Gasteiger partial charge is 0.123 e. The van der Waals surface area contributed by atoms with Gasteiger partial charge in [0.15, 0.2) is 0 Å². The van der Waals surface area contributed by atoms with Gasteiger partial charge in [0.25, 0.3) is 0 Å². The fourth-order valence-corrected chi connectivity index (χ4v) is 2.52. The molecule has 0 aliphatic rings. The molecule has 0 aliphatic carbocycles. The summed E-state index contributed by atoms with van der Waals surface area (Å²) in [7, 11) is 0. The number of nitrogens with zero attached hydrogens (tertiary/aromatic N) is 1. The Hall–Kier alpha value is -1.23. The number of nitrogens with one attached hydrogen (secondary N) is 1. The summed E-state index contributed by atoms with van der Waals surface area (Å²) in [6, 6.07) is 8.42. The number of aryl methyl sites for hydroxylation is 2. The molecular formula is C12H15N3S. The Morgan fingerprint density at radius 1 is 1.25 bits per heavy atom. The molecule has 1 heterocycles. The van der Waals surface area contributed by atoms with Gasteiger partial charge < -0.3 is 0 Å². The predicted molar refractivity (Wildman–Crippen MR) is 68.1 cm³/mol. The Balaban J connectivity index is 2.33. The molecule has 0 amide bonds. The van der Waals surface area contributed by atoms with Crippen LogP contribution in [0, 0.1) is 13.8 Å². The van der Waals surface area contributed by atoms with Crippen LogP contribution in [0.25, 0.3) is 10.6 Å². The Morgan fingerprint density at radius 3 is 2.56 bits per heavy atom. The zero-order valence-corrected chi connectivity index (χ0v) is 10.3. The first-order chi connectivity index (χ1) is 7.70. The highest BCUT2D eigenvalue weighted by Crippen LogP contribution is 2.27. The Labute approximate surface area is 99.3 Å². The highest BCUT2D eigenvalue weighted by Gasteiger charge is 2.08. The van der Waals surface area contributed by atoms with E-state index in [2.05, 4.69) is 41.6 Å². The summed E-state index contributed by atoms with van der Waals surface area (Å²) in [5.41, 5.74) is 6.16. The number of hydrogen-bond donors (Lipinski definition) is 2. The molecule has 16 heavy (non-hydrogen) atoms. The molecule has 0 saturated carbocycles. The van der Waals surface area contributed by atoms with E-state index in [1.165, 1.54) is 16.0 Å². The average Bonchev–Trinajstić information content (AvgIpc) is 2.62. The van der Waals surface area contributed by atoms with Gasteiger partial charge in [0.2, 0.25) is 0 Å². The minimum atomic E-state index is 0.676. The molecule has 0 atom stereocenters. The molecule has 2 aromatic rings. The van der Waals surface area contributed by atoms with E-state index >= 15 is 0 Å². The third-order valence-corrected chi connectivity index (χ3v) is 3.66. The van der Waals surface area contributed by atoms with Crippen molar-refractivity contribution < 1.29 is 0 Å². The van der Waals surface area contributed by atoms with Crippen LogP contribution in [0.1, 0.15) is 16.1 Å². The van der Waals surface area contributed by atoms with Crippen molar-refractivity contribution in [2.45, 2.75) is 20.4 Å². The zero-order valence-electron chi connectivity index (χ0n) is 9.45. The highest BCUT2D eigenvalue weighted by atomic mass is 32.1. The van der Waals surface area contributed by atoms with E-state index in [0.717, 1.165) is 10.7 Å². The van der Waals surface area contributed by atoms with Gasteiger partial charge in [-0.1, -0.05) is 29.8 Å². The summed E-state index contributed by atoms with van der Waals surface area (Å²) < 4.78 is 0. The lowest BCUT2D eigenvalue weighted by atomic mass is 10.2. The van der Waals surface area contributed by atoms with Crippen LogP contribution in [0.5, 0.6) is 0 Å². The first-order valence-electron chi connectivity index (χ1n) is 5.17. The third-order valence-electron chi connectivity index (χ3n) is 2.45. The second-order valence-corrected chi connectivity index (χ2v) is 4.86. The molecule has 4 heteroatoms. The van der Waals surface area contributed by atoms with E-state index in [-0.39, 0.29) is 0 Å². The van der Waals surface area contributed by atoms with Crippen molar-refractivity contribution in [1.82, 2.24) is 10.4 Å². The van der Waals surface area contributed by atoms with Gasteiger partial charge in [-0.05, 0) is 13.8 Å². The zero-order chi connectivity index (χ0) is 11.5. The van der Waals surface area contributed by atoms with Crippen molar-refractivity contribution in [1.29, 1.82) is 0 Å². The van der Waals surface area contributed by atoms with Crippen LogP contribution in [0.3, 0.4) is 0 Å². The molecule has 84 valence electrons. The van der Waals surface area contributed by atoms with E-state index in [0.29, 0.717) is 6.54 Å². The third kappa shape index (κ3) is 2.29. The molecule has 2 rings (SSSR count). The Morgan fingerprint density at radius 2 is 1.94 bits per heavy atom. The standard InChI is InChI=1S/C12H15N3S/c1-8-3-5-10(6-4-8)12-15-9(2)11(16-12)7-14-13/h3-6,14H,7,13H2,1-2H3. The van der Waals surface area contributed by atoms with Crippen LogP contribution in [-0.2, 0) is 6.54 Å². The van der Waals surface area contributed by atoms with E-state index in [4.69, 9.17) is 5.84 Å². The summed E-state index contributed by atoms with van der Waals surface area (Å²) in [5, 5.41) is 1.06. The fraction of sp³-hybridized carbons (Fsp3) is 0.250. The van der Waals surface area contributed by atoms with Crippen molar-refractivity contribution in [3.63, 3.8) is 0 Å². The van der Waals surface area contributed by atoms with Gasteiger partial charge in [0.1, 0.15) is 5.01 Å². The second kappa shape index (κ2) is 4.74. The normalized spacial score (nSPS) is 10.7. The molecule has 0 aliphatic heterocycles. The molecule has 0 fully saturated rings. The van der Waals surface area contributed by atoms with Crippen molar-refractivity contribution in [2.75, 3.05) is 0 Å². The highest BCUT2D eigenvalue weighted by molar-refractivity contribution is 7.15. The molecule has 1 aromatic heterocycles. The maximum Gasteiger partial charge on any atom is 0.123 e. The molecule has 3 N–H and O–H groups in total. The number of benzene rings is 1. The van der Waals surface area contributed by atoms with Gasteiger partial charge in [-0.25, -0.2) is 4.98 Å². The molecule has 0 radical (unpaired) electrons. The molecular weight excluding hydrogens is 218 g/mol. The Kier molecular flexibility index (Phi) is 3.33.